The predicted molar refractivity (Wildman–Crippen MR) is 135 cm³/mol. The lowest BCUT2D eigenvalue weighted by Gasteiger charge is -2.34. The van der Waals surface area contributed by atoms with Crippen LogP contribution >= 0.6 is 11.6 Å². The lowest BCUT2D eigenvalue weighted by atomic mass is 10.1. The maximum Gasteiger partial charge on any atom is 0.206 e. The van der Waals surface area contributed by atoms with Crippen molar-refractivity contribution in [2.45, 2.75) is 39.7 Å². The van der Waals surface area contributed by atoms with Crippen LogP contribution in [0.1, 0.15) is 36.0 Å². The van der Waals surface area contributed by atoms with Crippen molar-refractivity contribution in [1.82, 2.24) is 14.5 Å². The van der Waals surface area contributed by atoms with Gasteiger partial charge >= 0.3 is 0 Å². The zero-order valence-electron chi connectivity index (χ0n) is 19.9. The van der Waals surface area contributed by atoms with E-state index >= 15 is 0 Å². The van der Waals surface area contributed by atoms with Crippen LogP contribution in [0, 0.1) is 19.7 Å². The molecule has 0 spiro atoms. The van der Waals surface area contributed by atoms with E-state index in [0.717, 1.165) is 72.5 Å². The number of hydrogen-bond acceptors (Lipinski definition) is 4. The van der Waals surface area contributed by atoms with E-state index in [0.29, 0.717) is 17.7 Å². The van der Waals surface area contributed by atoms with E-state index < -0.39 is 0 Å². The summed E-state index contributed by atoms with van der Waals surface area (Å²) >= 11 is 6.67. The first-order chi connectivity index (χ1) is 15.9. The Balaban J connectivity index is 1.64. The van der Waals surface area contributed by atoms with Gasteiger partial charge in [0, 0.05) is 44.3 Å². The Labute approximate surface area is 200 Å². The summed E-state index contributed by atoms with van der Waals surface area (Å²) in [5.41, 5.74) is 5.64. The SMILES string of the molecule is Cc1cc(Cn2c(N3CCCCC3)nc3c(N4CCN(C)CC4)cc(Cl)cc32)cc(C)c1F. The summed E-state index contributed by atoms with van der Waals surface area (Å²) in [5, 5.41) is 0.731. The van der Waals surface area contributed by atoms with Crippen LogP contribution < -0.4 is 9.80 Å². The van der Waals surface area contributed by atoms with Gasteiger partial charge in [0.1, 0.15) is 11.3 Å². The van der Waals surface area contributed by atoms with Crippen LogP contribution in [0.3, 0.4) is 0 Å². The minimum atomic E-state index is -0.120. The van der Waals surface area contributed by atoms with Gasteiger partial charge in [-0.1, -0.05) is 23.7 Å². The number of halogens is 2. The fourth-order valence-electron chi connectivity index (χ4n) is 5.25. The second-order valence-electron chi connectivity index (χ2n) is 9.67. The van der Waals surface area contributed by atoms with Crippen LogP contribution in [-0.2, 0) is 6.54 Å². The van der Waals surface area contributed by atoms with Crippen molar-refractivity contribution >= 4 is 34.3 Å². The van der Waals surface area contributed by atoms with Crippen molar-refractivity contribution in [2.75, 3.05) is 56.1 Å². The number of aryl methyl sites for hydroxylation is 2. The number of aromatic nitrogens is 2. The smallest absolute Gasteiger partial charge is 0.206 e. The summed E-state index contributed by atoms with van der Waals surface area (Å²) in [4.78, 5) is 12.4. The first kappa shape index (κ1) is 22.5. The van der Waals surface area contributed by atoms with Crippen LogP contribution in [-0.4, -0.2) is 60.8 Å². The molecule has 2 aliphatic rings. The lowest BCUT2D eigenvalue weighted by molar-refractivity contribution is 0.313. The molecule has 0 aliphatic carbocycles. The summed E-state index contributed by atoms with van der Waals surface area (Å²) in [5.74, 6) is 0.882. The van der Waals surface area contributed by atoms with E-state index in [1.165, 1.54) is 19.3 Å². The number of nitrogens with zero attached hydrogens (tertiary/aromatic N) is 5. The van der Waals surface area contributed by atoms with Crippen LogP contribution in [0.2, 0.25) is 5.02 Å². The van der Waals surface area contributed by atoms with E-state index in [1.54, 1.807) is 0 Å². The number of rotatable bonds is 4. The standard InChI is InChI=1S/C26H33ClFN5/c1-18-13-20(14-19(2)24(18)28)17-33-23-16-21(27)15-22(31-11-9-30(3)10-12-31)25(23)29-26(33)32-7-5-4-6-8-32/h13-16H,4-12,17H2,1-3H3. The quantitative estimate of drug-likeness (QED) is 0.522. The van der Waals surface area contributed by atoms with E-state index in [4.69, 9.17) is 16.6 Å². The molecule has 7 heteroatoms. The zero-order chi connectivity index (χ0) is 23.1. The van der Waals surface area contributed by atoms with Crippen molar-refractivity contribution in [3.05, 3.63) is 51.8 Å². The zero-order valence-corrected chi connectivity index (χ0v) is 20.6. The van der Waals surface area contributed by atoms with Gasteiger partial charge in [-0.05, 0) is 69.0 Å². The fraction of sp³-hybridized carbons (Fsp3) is 0.500. The largest absolute Gasteiger partial charge is 0.367 e. The monoisotopic (exact) mass is 469 g/mol. The summed E-state index contributed by atoms with van der Waals surface area (Å²) in [7, 11) is 2.17. The second-order valence-corrected chi connectivity index (χ2v) is 10.1. The van der Waals surface area contributed by atoms with Crippen LogP contribution in [0.15, 0.2) is 24.3 Å². The number of piperidine rings is 1. The number of benzene rings is 2. The van der Waals surface area contributed by atoms with Gasteiger partial charge in [-0.25, -0.2) is 9.37 Å². The summed E-state index contributed by atoms with van der Waals surface area (Å²) in [6.45, 7) is 10.3. The minimum absolute atomic E-state index is 0.120. The first-order valence-corrected chi connectivity index (χ1v) is 12.4. The normalized spacial score (nSPS) is 17.8. The van der Waals surface area contributed by atoms with Crippen molar-refractivity contribution in [1.29, 1.82) is 0 Å². The molecule has 0 amide bonds. The van der Waals surface area contributed by atoms with Crippen molar-refractivity contribution in [2.24, 2.45) is 0 Å². The number of imidazole rings is 1. The Morgan fingerprint density at radius 1 is 0.879 bits per heavy atom. The van der Waals surface area contributed by atoms with Crippen molar-refractivity contribution in [3.63, 3.8) is 0 Å². The number of hydrogen-bond donors (Lipinski definition) is 0. The molecule has 2 fully saturated rings. The Bertz CT molecular complexity index is 1140. The third-order valence-corrected chi connectivity index (χ3v) is 7.32. The van der Waals surface area contributed by atoms with Gasteiger partial charge in [-0.2, -0.15) is 0 Å². The molecule has 3 aromatic rings. The van der Waals surface area contributed by atoms with Gasteiger partial charge in [-0.3, -0.25) is 0 Å². The Morgan fingerprint density at radius 2 is 1.55 bits per heavy atom. The molecule has 0 radical (unpaired) electrons. The summed E-state index contributed by atoms with van der Waals surface area (Å²) in [6.07, 6.45) is 3.64. The maximum absolute atomic E-state index is 14.3. The predicted octanol–water partition coefficient (Wildman–Crippen LogP) is 5.24. The highest BCUT2D eigenvalue weighted by molar-refractivity contribution is 6.31. The summed E-state index contributed by atoms with van der Waals surface area (Å²) < 4.78 is 16.6. The van der Waals surface area contributed by atoms with Gasteiger partial charge in [-0.15, -0.1) is 0 Å². The number of likely N-dealkylation sites (N-methyl/N-ethyl adjacent to an activating group) is 1. The highest BCUT2D eigenvalue weighted by Gasteiger charge is 2.24. The molecule has 176 valence electrons. The van der Waals surface area contributed by atoms with Gasteiger partial charge in [0.15, 0.2) is 0 Å². The Morgan fingerprint density at radius 3 is 2.21 bits per heavy atom. The third kappa shape index (κ3) is 4.43. The molecule has 2 aliphatic heterocycles. The molecule has 2 aromatic carbocycles. The number of anilines is 2. The Kier molecular flexibility index (Phi) is 6.23. The molecule has 0 bridgehead atoms. The third-order valence-electron chi connectivity index (χ3n) is 7.10. The van der Waals surface area contributed by atoms with Crippen molar-refractivity contribution in [3.8, 4) is 0 Å². The molecule has 2 saturated heterocycles. The number of piperazine rings is 1. The van der Waals surface area contributed by atoms with Crippen LogP contribution in [0.5, 0.6) is 0 Å². The summed E-state index contributed by atoms with van der Waals surface area (Å²) in [6, 6.07) is 8.03. The Hall–Kier alpha value is -2.31. The highest BCUT2D eigenvalue weighted by Crippen LogP contribution is 2.35. The molecular weight excluding hydrogens is 437 g/mol. The van der Waals surface area contributed by atoms with E-state index in [2.05, 4.69) is 32.4 Å². The minimum Gasteiger partial charge on any atom is -0.367 e. The van der Waals surface area contributed by atoms with Crippen LogP contribution in [0.4, 0.5) is 16.0 Å². The molecule has 0 unspecified atom stereocenters. The fourth-order valence-corrected chi connectivity index (χ4v) is 5.45. The van der Waals surface area contributed by atoms with Gasteiger partial charge < -0.3 is 19.3 Å². The van der Waals surface area contributed by atoms with Crippen molar-refractivity contribution < 1.29 is 4.39 Å². The first-order valence-electron chi connectivity index (χ1n) is 12.0. The molecular formula is C26H33ClFN5. The topological polar surface area (TPSA) is 27.5 Å². The van der Waals surface area contributed by atoms with Gasteiger partial charge in [0.2, 0.25) is 5.95 Å². The van der Waals surface area contributed by atoms with Gasteiger partial charge in [0.25, 0.3) is 0 Å². The maximum atomic E-state index is 14.3. The molecule has 1 aromatic heterocycles. The molecule has 33 heavy (non-hydrogen) atoms. The second kappa shape index (κ2) is 9.15. The molecule has 3 heterocycles. The van der Waals surface area contributed by atoms with Crippen LogP contribution in [0.25, 0.3) is 11.0 Å². The van der Waals surface area contributed by atoms with E-state index in [9.17, 15) is 4.39 Å². The lowest BCUT2D eigenvalue weighted by Crippen LogP contribution is -2.44. The molecule has 0 N–H and O–H groups in total. The average Bonchev–Trinajstić information content (AvgIpc) is 3.16. The van der Waals surface area contributed by atoms with Gasteiger partial charge in [0.05, 0.1) is 17.7 Å². The molecule has 5 rings (SSSR count). The van der Waals surface area contributed by atoms with E-state index in [1.807, 2.05) is 32.0 Å². The van der Waals surface area contributed by atoms with E-state index in [-0.39, 0.29) is 5.82 Å². The average molecular weight is 470 g/mol. The highest BCUT2D eigenvalue weighted by atomic mass is 35.5. The molecule has 0 saturated carbocycles. The number of fused-ring (bicyclic) bond motifs is 1. The molecule has 5 nitrogen and oxygen atoms in total. The molecule has 0 atom stereocenters.